The first-order valence-corrected chi connectivity index (χ1v) is 24.0. The maximum atomic E-state index is 14.6. The highest BCUT2D eigenvalue weighted by atomic mass is 16.7. The number of rotatable bonds is 31. The van der Waals surface area contributed by atoms with Gasteiger partial charge in [0.1, 0.15) is 24.1 Å². The number of nitrogens with zero attached hydrogens (tertiary/aromatic N) is 2. The molecular formula is C51H76N2O10. The van der Waals surface area contributed by atoms with Crippen LogP contribution in [0.4, 0.5) is 4.79 Å². The molecule has 6 atom stereocenters. The number of aliphatic hydroxyl groups excluding tert-OH is 3. The summed E-state index contributed by atoms with van der Waals surface area (Å²) < 4.78 is 26.1. The molecule has 2 aromatic carbocycles. The first-order chi connectivity index (χ1) is 30.9. The van der Waals surface area contributed by atoms with E-state index in [1.165, 1.54) is 44.9 Å². The third-order valence-electron chi connectivity index (χ3n) is 13.0. The molecule has 0 spiro atoms. The van der Waals surface area contributed by atoms with E-state index in [1.807, 2.05) is 30.3 Å². The number of aromatic hydroxyl groups is 1. The Hall–Kier alpha value is -3.94. The zero-order valence-electron chi connectivity index (χ0n) is 37.9. The minimum absolute atomic E-state index is 0.0232. The molecule has 12 nitrogen and oxygen atoms in total. The number of hydrogen-bond acceptors (Lipinski definition) is 11. The van der Waals surface area contributed by atoms with Gasteiger partial charge in [-0.2, -0.15) is 0 Å². The summed E-state index contributed by atoms with van der Waals surface area (Å²) in [6, 6.07) is 14.2. The molecule has 12 heteroatoms. The number of unbranched alkanes of at least 4 members (excludes halogenated alkanes) is 11. The van der Waals surface area contributed by atoms with Crippen LogP contribution in [0.2, 0.25) is 0 Å². The van der Waals surface area contributed by atoms with Gasteiger partial charge >= 0.3 is 6.09 Å². The van der Waals surface area contributed by atoms with Crippen molar-refractivity contribution in [1.82, 2.24) is 4.90 Å². The Morgan fingerprint density at radius 2 is 1.59 bits per heavy atom. The van der Waals surface area contributed by atoms with Crippen LogP contribution in [0.3, 0.4) is 0 Å². The smallest absolute Gasteiger partial charge is 0.410 e. The van der Waals surface area contributed by atoms with Crippen LogP contribution in [0, 0.1) is 17.8 Å². The van der Waals surface area contributed by atoms with Crippen molar-refractivity contribution in [2.45, 2.75) is 140 Å². The summed E-state index contributed by atoms with van der Waals surface area (Å²) >= 11 is 0. The molecule has 1 fully saturated rings. The highest BCUT2D eigenvalue weighted by Gasteiger charge is 2.65. The van der Waals surface area contributed by atoms with E-state index >= 15 is 0 Å². The molecule has 2 aliphatic carbocycles. The summed E-state index contributed by atoms with van der Waals surface area (Å²) in [5.41, 5.74) is 3.38. The number of fused-ring (bicyclic) bond motifs is 2. The number of ether oxygens (including phenoxy) is 4. The third kappa shape index (κ3) is 14.0. The fraction of sp³-hybridized carbons (Fsp3) is 0.647. The summed E-state index contributed by atoms with van der Waals surface area (Å²) in [6.45, 7) is 7.28. The molecule has 1 aliphatic heterocycles. The monoisotopic (exact) mass is 877 g/mol. The van der Waals surface area contributed by atoms with E-state index in [9.17, 15) is 25.2 Å². The Balaban J connectivity index is 1.57. The van der Waals surface area contributed by atoms with Crippen molar-refractivity contribution >= 4 is 11.8 Å². The number of aliphatic hydroxyl groups is 3. The highest BCUT2D eigenvalue weighted by Crippen LogP contribution is 2.62. The Bertz CT molecular complexity index is 1700. The normalized spacial score (nSPS) is 23.0. The second-order valence-electron chi connectivity index (χ2n) is 17.4. The molecule has 1 heterocycles. The minimum Gasteiger partial charge on any atom is -0.508 e. The maximum Gasteiger partial charge on any atom is 0.410 e. The average molecular weight is 877 g/mol. The minimum atomic E-state index is -1.47. The van der Waals surface area contributed by atoms with E-state index in [1.54, 1.807) is 29.2 Å². The maximum absolute atomic E-state index is 14.6. The second-order valence-corrected chi connectivity index (χ2v) is 17.4. The van der Waals surface area contributed by atoms with E-state index in [0.717, 1.165) is 61.6 Å². The molecule has 1 saturated carbocycles. The van der Waals surface area contributed by atoms with Crippen molar-refractivity contribution < 1.29 is 49.0 Å². The SMILES string of the molecule is C=CCOC12Oc3ccc(O)cc3C3C(CCCCO)C(CCCCO)C=C(C(=NOCc4ccccc4)CC1N(CCOCCO)C(=O)OCCCCCCCCCCCC)C32. The molecular weight excluding hydrogens is 801 g/mol. The summed E-state index contributed by atoms with van der Waals surface area (Å²) in [5.74, 6) is -1.50. The zero-order chi connectivity index (χ0) is 44.7. The predicted octanol–water partition coefficient (Wildman–Crippen LogP) is 9.59. The van der Waals surface area contributed by atoms with Crippen LogP contribution in [0.25, 0.3) is 0 Å². The van der Waals surface area contributed by atoms with E-state index in [4.69, 9.17) is 28.9 Å². The molecule has 0 radical (unpaired) electrons. The van der Waals surface area contributed by atoms with Crippen LogP contribution >= 0.6 is 0 Å². The van der Waals surface area contributed by atoms with Gasteiger partial charge < -0.3 is 44.2 Å². The van der Waals surface area contributed by atoms with Crippen LogP contribution in [0.5, 0.6) is 11.5 Å². The summed E-state index contributed by atoms with van der Waals surface area (Å²) in [6.07, 6.45) is 19.8. The predicted molar refractivity (Wildman–Crippen MR) is 246 cm³/mol. The molecule has 6 unspecified atom stereocenters. The molecule has 0 aromatic heterocycles. The number of phenolic OH excluding ortho intramolecular Hbond substituents is 1. The van der Waals surface area contributed by atoms with Gasteiger partial charge in [0.15, 0.2) is 0 Å². The van der Waals surface area contributed by atoms with Crippen LogP contribution in [0.1, 0.15) is 133 Å². The van der Waals surface area contributed by atoms with E-state index in [-0.39, 0.29) is 89.3 Å². The number of benzene rings is 2. The topological polar surface area (TPSA) is 160 Å². The fourth-order valence-corrected chi connectivity index (χ4v) is 9.95. The first kappa shape index (κ1) is 50.1. The fourth-order valence-electron chi connectivity index (χ4n) is 9.95. The molecule has 0 saturated heterocycles. The van der Waals surface area contributed by atoms with Crippen LogP contribution in [0.15, 0.2) is 78.0 Å². The highest BCUT2D eigenvalue weighted by molar-refractivity contribution is 6.03. The lowest BCUT2D eigenvalue weighted by Crippen LogP contribution is -2.70. The molecule has 5 rings (SSSR count). The summed E-state index contributed by atoms with van der Waals surface area (Å²) in [4.78, 5) is 22.5. The zero-order valence-corrected chi connectivity index (χ0v) is 37.9. The van der Waals surface area contributed by atoms with Gasteiger partial charge in [-0.1, -0.05) is 125 Å². The number of carbonyl (C=O) groups is 1. The van der Waals surface area contributed by atoms with Crippen molar-refractivity contribution in [2.24, 2.45) is 22.9 Å². The molecule has 2 aromatic rings. The Morgan fingerprint density at radius 1 is 0.873 bits per heavy atom. The number of phenols is 1. The molecule has 63 heavy (non-hydrogen) atoms. The first-order valence-electron chi connectivity index (χ1n) is 24.0. The molecule has 4 N–H and O–H groups in total. The number of oxime groups is 1. The van der Waals surface area contributed by atoms with Crippen molar-refractivity contribution in [2.75, 3.05) is 52.8 Å². The van der Waals surface area contributed by atoms with Gasteiger partial charge in [0.2, 0.25) is 5.79 Å². The largest absolute Gasteiger partial charge is 0.508 e. The standard InChI is InChI=1S/C51H76N2O10/c1-3-5-6-7-8-9-10-11-12-20-32-60-50(58)53(27-33-59-34-30-56)47-37-45(52-62-38-39-21-14-13-15-22-39)43-35-40(23-16-18-28-54)42(24-17-19-29-55)48-44-36-41(57)25-26-46(44)63-51(47,49(43)48)61-31-4-2/h4,13-15,21-22,25-26,35-36,40,42,47-49,54-57H,2-3,5-12,16-20,23-24,27-34,37-38H2,1H3. The Morgan fingerprint density at radius 3 is 2.29 bits per heavy atom. The van der Waals surface area contributed by atoms with Crippen LogP contribution in [-0.4, -0.2) is 102 Å². The number of carbonyl (C=O) groups excluding carboxylic acids is 1. The average Bonchev–Trinajstić information content (AvgIpc) is 3.29. The van der Waals surface area contributed by atoms with Gasteiger partial charge in [0.25, 0.3) is 0 Å². The van der Waals surface area contributed by atoms with E-state index in [0.29, 0.717) is 24.3 Å². The third-order valence-corrected chi connectivity index (χ3v) is 13.0. The van der Waals surface area contributed by atoms with Crippen molar-refractivity contribution in [3.8, 4) is 11.5 Å². The van der Waals surface area contributed by atoms with E-state index < -0.39 is 23.8 Å². The number of hydrogen-bond donors (Lipinski definition) is 4. The Labute approximate surface area is 376 Å². The van der Waals surface area contributed by atoms with Crippen LogP contribution in [-0.2, 0) is 25.7 Å². The van der Waals surface area contributed by atoms with Gasteiger partial charge in [-0.15, -0.1) is 6.58 Å². The van der Waals surface area contributed by atoms with E-state index in [2.05, 4.69) is 19.6 Å². The Kier molecular flexibility index (Phi) is 21.8. The lowest BCUT2D eigenvalue weighted by molar-refractivity contribution is -0.256. The van der Waals surface area contributed by atoms with Crippen molar-refractivity contribution in [1.29, 1.82) is 0 Å². The van der Waals surface area contributed by atoms with Crippen molar-refractivity contribution in [3.63, 3.8) is 0 Å². The van der Waals surface area contributed by atoms with Crippen LogP contribution < -0.4 is 4.74 Å². The quantitative estimate of drug-likeness (QED) is 0.0326. The molecule has 350 valence electrons. The van der Waals surface area contributed by atoms with Gasteiger partial charge in [-0.3, -0.25) is 4.90 Å². The molecule has 3 aliphatic rings. The lowest BCUT2D eigenvalue weighted by atomic mass is 9.55. The lowest BCUT2D eigenvalue weighted by Gasteiger charge is -2.59. The van der Waals surface area contributed by atoms with Gasteiger partial charge in [0.05, 0.1) is 44.7 Å². The second kappa shape index (κ2) is 27.4. The van der Waals surface area contributed by atoms with Gasteiger partial charge in [0, 0.05) is 37.7 Å². The van der Waals surface area contributed by atoms with Crippen molar-refractivity contribution in [3.05, 3.63) is 84.0 Å². The van der Waals surface area contributed by atoms with Gasteiger partial charge in [-0.05, 0) is 73.3 Å². The summed E-state index contributed by atoms with van der Waals surface area (Å²) in [7, 11) is 0. The summed E-state index contributed by atoms with van der Waals surface area (Å²) in [5, 5.41) is 45.3. The number of amides is 1. The number of allylic oxidation sites excluding steroid dienone is 1. The molecule has 0 bridgehead atoms. The van der Waals surface area contributed by atoms with Gasteiger partial charge in [-0.25, -0.2) is 4.79 Å². The molecule has 1 amide bonds.